The van der Waals surface area contributed by atoms with Gasteiger partial charge in [0.1, 0.15) is 18.1 Å². The molecule has 0 saturated carbocycles. The molecule has 0 aromatic heterocycles. The predicted molar refractivity (Wildman–Crippen MR) is 186 cm³/mol. The second kappa shape index (κ2) is 21.0. The SMILES string of the molecule is C=O.CN(C)CC1(F)CN(C(c2ccccc2)c2ccccc2)C1.NCC1(F)CN(C(c2ccccc2)c2ccccc2)C1.[B].[C-]#N.[Na+]. The first-order valence-corrected chi connectivity index (χ1v) is 15.2. The van der Waals surface area contributed by atoms with Gasteiger partial charge in [-0.2, -0.15) is 0 Å². The molecule has 2 saturated heterocycles. The van der Waals surface area contributed by atoms with Gasteiger partial charge in [0.2, 0.25) is 0 Å². The number of carbonyl (C=O) groups excluding carboxylic acids is 1. The van der Waals surface area contributed by atoms with Gasteiger partial charge in [0.15, 0.2) is 0 Å². The summed E-state index contributed by atoms with van der Waals surface area (Å²) in [5.74, 6) is 0. The van der Waals surface area contributed by atoms with E-state index in [9.17, 15) is 8.78 Å². The fourth-order valence-corrected chi connectivity index (χ4v) is 6.29. The largest absolute Gasteiger partial charge is 1.00 e. The van der Waals surface area contributed by atoms with Gasteiger partial charge in [0.05, 0.1) is 12.1 Å². The van der Waals surface area contributed by atoms with Gasteiger partial charge in [0.25, 0.3) is 0 Å². The number of rotatable bonds is 9. The summed E-state index contributed by atoms with van der Waals surface area (Å²) in [6.07, 6.45) is 0. The Morgan fingerprint density at radius 2 is 0.917 bits per heavy atom. The first kappa shape index (κ1) is 42.8. The molecule has 0 aliphatic carbocycles. The van der Waals surface area contributed by atoms with Gasteiger partial charge >= 0.3 is 29.6 Å². The Morgan fingerprint density at radius 1 is 0.667 bits per heavy atom. The summed E-state index contributed by atoms with van der Waals surface area (Å²) in [6.45, 7) is 9.11. The van der Waals surface area contributed by atoms with Crippen molar-refractivity contribution in [2.24, 2.45) is 5.73 Å². The van der Waals surface area contributed by atoms with Gasteiger partial charge in [-0.05, 0) is 36.3 Å². The minimum atomic E-state index is -1.22. The molecule has 2 N–H and O–H groups in total. The van der Waals surface area contributed by atoms with Crippen LogP contribution in [0, 0.1) is 11.8 Å². The Kier molecular flexibility index (Phi) is 18.7. The third kappa shape index (κ3) is 11.5. The number of carbonyl (C=O) groups is 1. The van der Waals surface area contributed by atoms with E-state index in [1.165, 1.54) is 22.3 Å². The Balaban J connectivity index is 0.000000421. The zero-order chi connectivity index (χ0) is 33.6. The average molecular weight is 659 g/mol. The monoisotopic (exact) mass is 658 g/mol. The van der Waals surface area contributed by atoms with Crippen molar-refractivity contribution in [3.05, 3.63) is 150 Å². The van der Waals surface area contributed by atoms with Crippen molar-refractivity contribution in [3.8, 4) is 0 Å². The zero-order valence-electron chi connectivity index (χ0n) is 28.3. The minimum Gasteiger partial charge on any atom is -0.512 e. The van der Waals surface area contributed by atoms with Crippen LogP contribution in [0.5, 0.6) is 0 Å². The molecule has 4 aromatic rings. The Morgan fingerprint density at radius 3 is 1.15 bits per heavy atom. The maximum absolute atomic E-state index is 14.7. The quantitative estimate of drug-likeness (QED) is 0.220. The molecule has 6 nitrogen and oxygen atoms in total. The van der Waals surface area contributed by atoms with Crippen molar-refractivity contribution >= 4 is 15.2 Å². The summed E-state index contributed by atoms with van der Waals surface area (Å²) in [4.78, 5) is 14.3. The summed E-state index contributed by atoms with van der Waals surface area (Å²) in [5, 5.41) is 6.25. The van der Waals surface area contributed by atoms with Gasteiger partial charge in [-0.15, -0.1) is 0 Å². The van der Waals surface area contributed by atoms with E-state index in [2.05, 4.69) is 58.3 Å². The van der Waals surface area contributed by atoms with Gasteiger partial charge < -0.3 is 27.3 Å². The molecule has 0 unspecified atom stereocenters. The average Bonchev–Trinajstić information content (AvgIpc) is 3.07. The maximum atomic E-state index is 14.7. The molecular weight excluding hydrogens is 614 g/mol. The number of halogens is 2. The third-order valence-electron chi connectivity index (χ3n) is 8.10. The fraction of sp³-hybridized carbons (Fsp3) is 0.316. The van der Waals surface area contributed by atoms with Crippen molar-refractivity contribution < 1.29 is 43.1 Å². The molecular formula is C38H44BF2N5NaO. The van der Waals surface area contributed by atoms with Crippen LogP contribution in [-0.2, 0) is 4.79 Å². The standard InChI is InChI=1S/C19H23FN2.C17H19FN2.CN.CH2O.B.Na/c1-21(2)13-19(20)14-22(15-19)18(16-9-5-3-6-10-16)17-11-7-4-8-12-17;18-17(11-19)12-20(13-17)16(14-7-3-1-4-8-14)15-9-5-2-6-10-15;2*1-2;;/h3-12,18H,13-15H2,1-2H3;1-10,16H,11-13,19H2;;1H2;;/q;;-1;;;+1. The van der Waals surface area contributed by atoms with E-state index in [-0.39, 0.29) is 56.6 Å². The maximum Gasteiger partial charge on any atom is 1.00 e. The van der Waals surface area contributed by atoms with Gasteiger partial charge in [-0.25, -0.2) is 8.78 Å². The van der Waals surface area contributed by atoms with Crippen LogP contribution in [0.4, 0.5) is 8.78 Å². The summed E-state index contributed by atoms with van der Waals surface area (Å²) >= 11 is 0. The van der Waals surface area contributed by atoms with Crippen molar-refractivity contribution in [1.82, 2.24) is 14.7 Å². The number of likely N-dealkylation sites (tertiary alicyclic amines) is 2. The van der Waals surface area contributed by atoms with Crippen LogP contribution in [0.1, 0.15) is 34.3 Å². The van der Waals surface area contributed by atoms with Crippen LogP contribution < -0.4 is 35.3 Å². The second-order valence-corrected chi connectivity index (χ2v) is 12.0. The molecule has 0 atom stereocenters. The van der Waals surface area contributed by atoms with E-state index in [0.29, 0.717) is 32.7 Å². The van der Waals surface area contributed by atoms with Crippen molar-refractivity contribution in [1.29, 1.82) is 5.26 Å². The molecule has 4 aromatic carbocycles. The van der Waals surface area contributed by atoms with E-state index >= 15 is 0 Å². The first-order chi connectivity index (χ1) is 22.3. The summed E-state index contributed by atoms with van der Waals surface area (Å²) in [5.41, 5.74) is 8.02. The van der Waals surface area contributed by atoms with Crippen molar-refractivity contribution in [2.45, 2.75) is 23.4 Å². The van der Waals surface area contributed by atoms with E-state index in [1.807, 2.05) is 98.6 Å². The number of benzene rings is 4. The van der Waals surface area contributed by atoms with E-state index in [0.717, 1.165) is 0 Å². The second-order valence-electron chi connectivity index (χ2n) is 12.0. The summed E-state index contributed by atoms with van der Waals surface area (Å²) in [7, 11) is 3.85. The smallest absolute Gasteiger partial charge is 0.512 e. The normalized spacial score (nSPS) is 15.7. The third-order valence-corrected chi connectivity index (χ3v) is 8.10. The van der Waals surface area contributed by atoms with E-state index < -0.39 is 11.3 Å². The summed E-state index contributed by atoms with van der Waals surface area (Å²) < 4.78 is 28.8. The molecule has 245 valence electrons. The number of hydrogen-bond acceptors (Lipinski definition) is 6. The van der Waals surface area contributed by atoms with Crippen LogP contribution in [0.15, 0.2) is 121 Å². The van der Waals surface area contributed by atoms with Crippen LogP contribution in [0.3, 0.4) is 0 Å². The number of alkyl halides is 2. The molecule has 0 spiro atoms. The topological polar surface area (TPSA) is 76.6 Å². The Hall–Kier alpha value is -3.20. The van der Waals surface area contributed by atoms with Crippen LogP contribution in [0.25, 0.3) is 0 Å². The van der Waals surface area contributed by atoms with Crippen molar-refractivity contribution in [2.75, 3.05) is 53.4 Å². The van der Waals surface area contributed by atoms with E-state index in [1.54, 1.807) is 0 Å². The Labute approximate surface area is 309 Å². The number of hydrogen-bond donors (Lipinski definition) is 1. The van der Waals surface area contributed by atoms with Gasteiger partial charge in [0, 0.05) is 47.7 Å². The first-order valence-electron chi connectivity index (χ1n) is 15.2. The molecule has 2 heterocycles. The van der Waals surface area contributed by atoms with Crippen LogP contribution in [0.2, 0.25) is 0 Å². The summed E-state index contributed by atoms with van der Waals surface area (Å²) in [6, 6.07) is 41.5. The molecule has 3 radical (unpaired) electrons. The minimum absolute atomic E-state index is 0. The molecule has 2 aliphatic rings. The number of nitrogens with zero attached hydrogens (tertiary/aromatic N) is 4. The number of nitrogens with two attached hydrogens (primary N) is 1. The van der Waals surface area contributed by atoms with Crippen LogP contribution >= 0.6 is 0 Å². The molecule has 2 fully saturated rings. The predicted octanol–water partition coefficient (Wildman–Crippen LogP) is 2.65. The van der Waals surface area contributed by atoms with E-state index in [4.69, 9.17) is 22.4 Å². The molecule has 6 rings (SSSR count). The Bertz CT molecular complexity index is 1360. The van der Waals surface area contributed by atoms with Crippen molar-refractivity contribution in [3.63, 3.8) is 0 Å². The zero-order valence-corrected chi connectivity index (χ0v) is 30.3. The molecule has 0 amide bonds. The molecule has 10 heteroatoms. The molecule has 48 heavy (non-hydrogen) atoms. The van der Waals surface area contributed by atoms with Gasteiger partial charge in [-0.1, -0.05) is 121 Å². The van der Waals surface area contributed by atoms with Crippen LogP contribution in [-0.4, -0.2) is 94.6 Å². The molecule has 0 bridgehead atoms. The fourth-order valence-electron chi connectivity index (χ4n) is 6.29. The molecule has 2 aliphatic heterocycles. The van der Waals surface area contributed by atoms with Gasteiger partial charge in [-0.3, -0.25) is 9.80 Å².